The molecule has 1 aliphatic heterocycles. The highest BCUT2D eigenvalue weighted by Crippen LogP contribution is 2.30. The van der Waals surface area contributed by atoms with Crippen LogP contribution in [0.25, 0.3) is 0 Å². The highest BCUT2D eigenvalue weighted by molar-refractivity contribution is 7.16. The topological polar surface area (TPSA) is 62.3 Å². The van der Waals surface area contributed by atoms with Crippen molar-refractivity contribution in [1.29, 1.82) is 0 Å². The van der Waals surface area contributed by atoms with Gasteiger partial charge in [-0.3, -0.25) is 14.9 Å². The molecule has 130 valence electrons. The van der Waals surface area contributed by atoms with Crippen LogP contribution in [0.5, 0.6) is 0 Å². The number of amides is 2. The summed E-state index contributed by atoms with van der Waals surface area (Å²) in [6, 6.07) is 1.80. The number of anilines is 1. The molecular weight excluding hydrogens is 354 g/mol. The minimum atomic E-state index is -0.130. The van der Waals surface area contributed by atoms with Crippen LogP contribution in [0.4, 0.5) is 5.13 Å². The van der Waals surface area contributed by atoms with Gasteiger partial charge >= 0.3 is 0 Å². The Balaban J connectivity index is 1.43. The molecule has 0 aromatic carbocycles. The number of carbonyl (C=O) groups is 2. The molecule has 25 heavy (non-hydrogen) atoms. The van der Waals surface area contributed by atoms with Crippen molar-refractivity contribution in [2.75, 3.05) is 11.9 Å². The lowest BCUT2D eigenvalue weighted by atomic mass is 9.92. The van der Waals surface area contributed by atoms with Gasteiger partial charge in [0, 0.05) is 29.1 Å². The Morgan fingerprint density at radius 1 is 1.32 bits per heavy atom. The summed E-state index contributed by atoms with van der Waals surface area (Å²) in [5.41, 5.74) is 1.67. The van der Waals surface area contributed by atoms with Gasteiger partial charge in [-0.15, -0.1) is 0 Å². The van der Waals surface area contributed by atoms with Crippen molar-refractivity contribution in [3.8, 4) is 0 Å². The SMILES string of the molecule is O=C(Nc1nc2c(s1)CN(C(=O)C1CC=CCC1)CC2)c1ccsc1. The highest BCUT2D eigenvalue weighted by atomic mass is 32.1. The average Bonchev–Trinajstić information content (AvgIpc) is 3.30. The molecule has 0 saturated carbocycles. The van der Waals surface area contributed by atoms with Crippen LogP contribution in [0.15, 0.2) is 29.0 Å². The van der Waals surface area contributed by atoms with E-state index >= 15 is 0 Å². The normalized spacial score (nSPS) is 19.5. The molecule has 2 amide bonds. The predicted molar refractivity (Wildman–Crippen MR) is 100.0 cm³/mol. The number of carbonyl (C=O) groups excluding carboxylic acids is 2. The summed E-state index contributed by atoms with van der Waals surface area (Å²) in [5.74, 6) is 0.249. The lowest BCUT2D eigenvalue weighted by molar-refractivity contribution is -0.136. The van der Waals surface area contributed by atoms with E-state index in [4.69, 9.17) is 0 Å². The van der Waals surface area contributed by atoms with E-state index in [0.29, 0.717) is 23.8 Å². The molecule has 0 bridgehead atoms. The number of nitrogens with one attached hydrogen (secondary N) is 1. The zero-order valence-corrected chi connectivity index (χ0v) is 15.4. The Morgan fingerprint density at radius 3 is 3.00 bits per heavy atom. The molecule has 1 atom stereocenters. The maximum Gasteiger partial charge on any atom is 0.258 e. The first-order valence-electron chi connectivity index (χ1n) is 8.46. The first-order valence-corrected chi connectivity index (χ1v) is 10.2. The molecule has 2 aliphatic rings. The van der Waals surface area contributed by atoms with E-state index in [2.05, 4.69) is 22.5 Å². The van der Waals surface area contributed by atoms with Crippen molar-refractivity contribution < 1.29 is 9.59 Å². The maximum absolute atomic E-state index is 12.7. The van der Waals surface area contributed by atoms with Crippen molar-refractivity contribution in [3.63, 3.8) is 0 Å². The van der Waals surface area contributed by atoms with E-state index in [9.17, 15) is 9.59 Å². The fourth-order valence-electron chi connectivity index (χ4n) is 3.28. The predicted octanol–water partition coefficient (Wildman–Crippen LogP) is 3.70. The quantitative estimate of drug-likeness (QED) is 0.835. The summed E-state index contributed by atoms with van der Waals surface area (Å²) in [6.07, 6.45) is 7.83. The van der Waals surface area contributed by atoms with Crippen molar-refractivity contribution in [2.45, 2.75) is 32.2 Å². The van der Waals surface area contributed by atoms with Crippen LogP contribution in [0.3, 0.4) is 0 Å². The van der Waals surface area contributed by atoms with E-state index < -0.39 is 0 Å². The Hall–Kier alpha value is -1.99. The number of allylic oxidation sites excluding steroid dienone is 2. The van der Waals surface area contributed by atoms with Crippen LogP contribution in [0, 0.1) is 5.92 Å². The first-order chi connectivity index (χ1) is 12.2. The van der Waals surface area contributed by atoms with Gasteiger partial charge < -0.3 is 4.90 Å². The molecule has 0 fully saturated rings. The van der Waals surface area contributed by atoms with Crippen LogP contribution < -0.4 is 5.32 Å². The summed E-state index contributed by atoms with van der Waals surface area (Å²) in [6.45, 7) is 1.33. The van der Waals surface area contributed by atoms with E-state index in [1.54, 1.807) is 6.07 Å². The van der Waals surface area contributed by atoms with Crippen LogP contribution >= 0.6 is 22.7 Å². The molecule has 4 rings (SSSR count). The van der Waals surface area contributed by atoms with Gasteiger partial charge in [0.05, 0.1) is 17.8 Å². The summed E-state index contributed by atoms with van der Waals surface area (Å²) in [5, 5.41) is 7.19. The number of thiophene rings is 1. The van der Waals surface area contributed by atoms with Gasteiger partial charge in [0.25, 0.3) is 5.91 Å². The summed E-state index contributed by atoms with van der Waals surface area (Å²) >= 11 is 2.98. The number of thiazole rings is 1. The number of aromatic nitrogens is 1. The molecule has 0 radical (unpaired) electrons. The molecular formula is C18H19N3O2S2. The number of rotatable bonds is 3. The lowest BCUT2D eigenvalue weighted by Crippen LogP contribution is -2.39. The Morgan fingerprint density at radius 2 is 2.24 bits per heavy atom. The molecule has 0 saturated heterocycles. The molecule has 0 spiro atoms. The summed E-state index contributed by atoms with van der Waals surface area (Å²) < 4.78 is 0. The van der Waals surface area contributed by atoms with Crippen LogP contribution in [0.1, 0.15) is 40.2 Å². The van der Waals surface area contributed by atoms with Crippen LogP contribution in [-0.2, 0) is 17.8 Å². The third-order valence-electron chi connectivity index (χ3n) is 4.67. The monoisotopic (exact) mass is 373 g/mol. The van der Waals surface area contributed by atoms with Gasteiger partial charge in [0.2, 0.25) is 5.91 Å². The van der Waals surface area contributed by atoms with Crippen LogP contribution in [0.2, 0.25) is 0 Å². The fourth-order valence-corrected chi connectivity index (χ4v) is 4.93. The number of hydrogen-bond donors (Lipinski definition) is 1. The molecule has 1 N–H and O–H groups in total. The van der Waals surface area contributed by atoms with Gasteiger partial charge in [-0.2, -0.15) is 11.3 Å². The molecule has 5 nitrogen and oxygen atoms in total. The lowest BCUT2D eigenvalue weighted by Gasteiger charge is -2.30. The van der Waals surface area contributed by atoms with Crippen molar-refractivity contribution in [2.24, 2.45) is 5.92 Å². The first kappa shape index (κ1) is 16.5. The number of fused-ring (bicyclic) bond motifs is 1. The number of nitrogens with zero attached hydrogens (tertiary/aromatic N) is 2. The standard InChI is InChI=1S/C18H19N3O2S2/c22-16(13-7-9-24-11-13)20-18-19-14-6-8-21(10-15(14)25-18)17(23)12-4-2-1-3-5-12/h1-2,7,9,11-12H,3-6,8,10H2,(H,19,20,22). The Labute approximate surface area is 154 Å². The van der Waals surface area contributed by atoms with Crippen molar-refractivity contribution >= 4 is 39.6 Å². The smallest absolute Gasteiger partial charge is 0.258 e. The minimum absolute atomic E-state index is 0.122. The van der Waals surface area contributed by atoms with E-state index in [1.165, 1.54) is 22.7 Å². The van der Waals surface area contributed by atoms with Crippen molar-refractivity contribution in [3.05, 3.63) is 45.1 Å². The molecule has 3 heterocycles. The molecule has 2 aromatic heterocycles. The van der Waals surface area contributed by atoms with Crippen molar-refractivity contribution in [1.82, 2.24) is 9.88 Å². The third-order valence-corrected chi connectivity index (χ3v) is 6.35. The Kier molecular flexibility index (Phi) is 4.67. The molecule has 7 heteroatoms. The van der Waals surface area contributed by atoms with E-state index in [0.717, 1.165) is 36.3 Å². The molecule has 1 unspecified atom stereocenters. The van der Waals surface area contributed by atoms with Crippen LogP contribution in [-0.4, -0.2) is 28.2 Å². The Bertz CT molecular complexity index is 810. The van der Waals surface area contributed by atoms with Gasteiger partial charge in [0.1, 0.15) is 0 Å². The van der Waals surface area contributed by atoms with Gasteiger partial charge in [-0.25, -0.2) is 4.98 Å². The minimum Gasteiger partial charge on any atom is -0.337 e. The van der Waals surface area contributed by atoms with E-state index in [-0.39, 0.29) is 17.7 Å². The highest BCUT2D eigenvalue weighted by Gasteiger charge is 2.29. The largest absolute Gasteiger partial charge is 0.337 e. The van der Waals surface area contributed by atoms with Gasteiger partial charge in [0.15, 0.2) is 5.13 Å². The van der Waals surface area contributed by atoms with Gasteiger partial charge in [-0.05, 0) is 30.7 Å². The van der Waals surface area contributed by atoms with Gasteiger partial charge in [-0.1, -0.05) is 23.5 Å². The second kappa shape index (κ2) is 7.09. The zero-order chi connectivity index (χ0) is 17.2. The fraction of sp³-hybridized carbons (Fsp3) is 0.389. The maximum atomic E-state index is 12.7. The second-order valence-corrected chi connectivity index (χ2v) is 8.21. The average molecular weight is 374 g/mol. The zero-order valence-electron chi connectivity index (χ0n) is 13.7. The molecule has 2 aromatic rings. The summed E-state index contributed by atoms with van der Waals surface area (Å²) in [4.78, 5) is 32.5. The molecule has 1 aliphatic carbocycles. The second-order valence-electron chi connectivity index (χ2n) is 6.35. The number of hydrogen-bond acceptors (Lipinski definition) is 5. The summed E-state index contributed by atoms with van der Waals surface area (Å²) in [7, 11) is 0. The van der Waals surface area contributed by atoms with E-state index in [1.807, 2.05) is 15.7 Å². The third kappa shape index (κ3) is 3.52.